The number of nitrogens with two attached hydrogens (primary N) is 1. The van der Waals surface area contributed by atoms with E-state index in [-0.39, 0.29) is 24.3 Å². The van der Waals surface area contributed by atoms with Crippen LogP contribution in [0.1, 0.15) is 33.1 Å². The van der Waals surface area contributed by atoms with Gasteiger partial charge in [0.2, 0.25) is 11.8 Å². The van der Waals surface area contributed by atoms with E-state index in [1.54, 1.807) is 11.9 Å². The molecule has 2 amide bonds. The lowest BCUT2D eigenvalue weighted by Crippen LogP contribution is -2.41. The molecule has 0 heterocycles. The van der Waals surface area contributed by atoms with Crippen molar-refractivity contribution < 1.29 is 9.59 Å². The molecule has 0 aliphatic carbocycles. The first-order valence-corrected chi connectivity index (χ1v) is 6.27. The molecular weight excluding hydrogens is 218 g/mol. The maximum absolute atomic E-state index is 12.0. The SMILES string of the molecule is CCCN(CC(=O)NC)C(=O)CC(CC)CN. The molecule has 0 aromatic carbocycles. The standard InChI is InChI=1S/C12H25N3O2/c1-4-6-15(9-11(16)14-3)12(17)7-10(5-2)8-13/h10H,4-9,13H2,1-3H3,(H,14,16). The van der Waals surface area contributed by atoms with Crippen molar-refractivity contribution in [3.05, 3.63) is 0 Å². The predicted octanol–water partition coefficient (Wildman–Crippen LogP) is 0.346. The Morgan fingerprint density at radius 3 is 2.41 bits per heavy atom. The third kappa shape index (κ3) is 6.26. The fourth-order valence-electron chi connectivity index (χ4n) is 1.58. The van der Waals surface area contributed by atoms with Crippen LogP contribution in [-0.4, -0.2) is 43.4 Å². The highest BCUT2D eigenvalue weighted by Crippen LogP contribution is 2.09. The van der Waals surface area contributed by atoms with Crippen LogP contribution in [0.25, 0.3) is 0 Å². The van der Waals surface area contributed by atoms with Crippen LogP contribution >= 0.6 is 0 Å². The van der Waals surface area contributed by atoms with Gasteiger partial charge >= 0.3 is 0 Å². The number of nitrogens with zero attached hydrogens (tertiary/aromatic N) is 1. The van der Waals surface area contributed by atoms with Crippen LogP contribution in [-0.2, 0) is 9.59 Å². The third-order valence-corrected chi connectivity index (χ3v) is 2.83. The van der Waals surface area contributed by atoms with Gasteiger partial charge < -0.3 is 16.0 Å². The largest absolute Gasteiger partial charge is 0.358 e. The van der Waals surface area contributed by atoms with Crippen LogP contribution in [0.2, 0.25) is 0 Å². The van der Waals surface area contributed by atoms with Crippen LogP contribution < -0.4 is 11.1 Å². The van der Waals surface area contributed by atoms with Gasteiger partial charge in [0, 0.05) is 20.0 Å². The Bertz CT molecular complexity index is 240. The average molecular weight is 243 g/mol. The quantitative estimate of drug-likeness (QED) is 0.646. The van der Waals surface area contributed by atoms with Gasteiger partial charge in [-0.1, -0.05) is 20.3 Å². The molecule has 0 aromatic rings. The normalized spacial score (nSPS) is 12.0. The number of nitrogens with one attached hydrogen (secondary N) is 1. The second kappa shape index (κ2) is 8.98. The van der Waals surface area contributed by atoms with E-state index in [1.165, 1.54) is 0 Å². The summed E-state index contributed by atoms with van der Waals surface area (Å²) in [6, 6.07) is 0. The van der Waals surface area contributed by atoms with Crippen LogP contribution in [0.15, 0.2) is 0 Å². The summed E-state index contributed by atoms with van der Waals surface area (Å²) in [5, 5.41) is 2.53. The number of rotatable bonds is 8. The summed E-state index contributed by atoms with van der Waals surface area (Å²) in [5.41, 5.74) is 5.58. The summed E-state index contributed by atoms with van der Waals surface area (Å²) in [6.45, 7) is 5.29. The van der Waals surface area contributed by atoms with E-state index in [2.05, 4.69) is 5.32 Å². The molecule has 0 saturated heterocycles. The highest BCUT2D eigenvalue weighted by atomic mass is 16.2. The number of amides is 2. The molecule has 5 heteroatoms. The van der Waals surface area contributed by atoms with E-state index in [9.17, 15) is 9.59 Å². The molecule has 0 fully saturated rings. The molecule has 0 aliphatic rings. The fraction of sp³-hybridized carbons (Fsp3) is 0.833. The van der Waals surface area contributed by atoms with Crippen LogP contribution in [0, 0.1) is 5.92 Å². The van der Waals surface area contributed by atoms with Crippen molar-refractivity contribution in [3.63, 3.8) is 0 Å². The zero-order chi connectivity index (χ0) is 13.3. The van der Waals surface area contributed by atoms with Crippen LogP contribution in [0.4, 0.5) is 0 Å². The van der Waals surface area contributed by atoms with Crippen molar-refractivity contribution in [1.29, 1.82) is 0 Å². The van der Waals surface area contributed by atoms with Crippen molar-refractivity contribution in [2.75, 3.05) is 26.7 Å². The minimum Gasteiger partial charge on any atom is -0.358 e. The predicted molar refractivity (Wildman–Crippen MR) is 68.4 cm³/mol. The maximum Gasteiger partial charge on any atom is 0.239 e. The van der Waals surface area contributed by atoms with Gasteiger partial charge in [-0.2, -0.15) is 0 Å². The average Bonchev–Trinajstić information content (AvgIpc) is 2.34. The maximum atomic E-state index is 12.0. The van der Waals surface area contributed by atoms with Gasteiger partial charge in [-0.3, -0.25) is 9.59 Å². The molecule has 17 heavy (non-hydrogen) atoms. The topological polar surface area (TPSA) is 75.4 Å². The second-order valence-electron chi connectivity index (χ2n) is 4.20. The lowest BCUT2D eigenvalue weighted by atomic mass is 10.0. The van der Waals surface area contributed by atoms with Gasteiger partial charge in [-0.25, -0.2) is 0 Å². The van der Waals surface area contributed by atoms with E-state index in [0.717, 1.165) is 12.8 Å². The monoisotopic (exact) mass is 243 g/mol. The molecule has 1 atom stereocenters. The molecule has 0 bridgehead atoms. The van der Waals surface area contributed by atoms with E-state index < -0.39 is 0 Å². The number of carbonyl (C=O) groups excluding carboxylic acids is 2. The molecule has 0 aliphatic heterocycles. The summed E-state index contributed by atoms with van der Waals surface area (Å²) in [4.78, 5) is 24.9. The first-order valence-electron chi connectivity index (χ1n) is 6.27. The highest BCUT2D eigenvalue weighted by Gasteiger charge is 2.18. The van der Waals surface area contributed by atoms with E-state index in [0.29, 0.717) is 19.5 Å². The molecule has 0 saturated carbocycles. The molecule has 1 unspecified atom stereocenters. The van der Waals surface area contributed by atoms with Crippen molar-refractivity contribution >= 4 is 11.8 Å². The first kappa shape index (κ1) is 15.9. The molecule has 0 aromatic heterocycles. The number of carbonyl (C=O) groups is 2. The second-order valence-corrected chi connectivity index (χ2v) is 4.20. The minimum absolute atomic E-state index is 0.0211. The van der Waals surface area contributed by atoms with Crippen molar-refractivity contribution in [2.45, 2.75) is 33.1 Å². The van der Waals surface area contributed by atoms with E-state index in [4.69, 9.17) is 5.73 Å². The third-order valence-electron chi connectivity index (χ3n) is 2.83. The van der Waals surface area contributed by atoms with Crippen molar-refractivity contribution in [1.82, 2.24) is 10.2 Å². The van der Waals surface area contributed by atoms with Gasteiger partial charge in [0.1, 0.15) is 0 Å². The first-order chi connectivity index (χ1) is 8.08. The Balaban J connectivity index is 4.37. The number of hydrogen-bond donors (Lipinski definition) is 2. The molecule has 0 spiro atoms. The number of likely N-dealkylation sites (N-methyl/N-ethyl adjacent to an activating group) is 1. The fourth-order valence-corrected chi connectivity index (χ4v) is 1.58. The Kier molecular flexibility index (Phi) is 8.40. The molecular formula is C12H25N3O2. The van der Waals surface area contributed by atoms with Gasteiger partial charge in [0.15, 0.2) is 0 Å². The highest BCUT2D eigenvalue weighted by molar-refractivity contribution is 5.84. The summed E-state index contributed by atoms with van der Waals surface area (Å²) < 4.78 is 0. The zero-order valence-corrected chi connectivity index (χ0v) is 11.2. The molecule has 0 radical (unpaired) electrons. The van der Waals surface area contributed by atoms with Gasteiger partial charge in [-0.15, -0.1) is 0 Å². The Morgan fingerprint density at radius 2 is 2.00 bits per heavy atom. The molecule has 0 rings (SSSR count). The smallest absolute Gasteiger partial charge is 0.239 e. The summed E-state index contributed by atoms with van der Waals surface area (Å²) in [5.74, 6) is 0.104. The lowest BCUT2D eigenvalue weighted by molar-refractivity contribution is -0.136. The Hall–Kier alpha value is -1.10. The molecule has 3 N–H and O–H groups in total. The van der Waals surface area contributed by atoms with Crippen molar-refractivity contribution in [2.24, 2.45) is 11.7 Å². The zero-order valence-electron chi connectivity index (χ0n) is 11.2. The summed E-state index contributed by atoms with van der Waals surface area (Å²) in [6.07, 6.45) is 2.17. The van der Waals surface area contributed by atoms with Crippen molar-refractivity contribution in [3.8, 4) is 0 Å². The number of hydrogen-bond acceptors (Lipinski definition) is 3. The summed E-state index contributed by atoms with van der Waals surface area (Å²) >= 11 is 0. The van der Waals surface area contributed by atoms with E-state index >= 15 is 0 Å². The van der Waals surface area contributed by atoms with Crippen LogP contribution in [0.3, 0.4) is 0 Å². The lowest BCUT2D eigenvalue weighted by Gasteiger charge is -2.23. The summed E-state index contributed by atoms with van der Waals surface area (Å²) in [7, 11) is 1.58. The minimum atomic E-state index is -0.132. The van der Waals surface area contributed by atoms with E-state index in [1.807, 2.05) is 13.8 Å². The Labute approximate surface area is 104 Å². The van der Waals surface area contributed by atoms with Crippen LogP contribution in [0.5, 0.6) is 0 Å². The van der Waals surface area contributed by atoms with Gasteiger partial charge in [0.25, 0.3) is 0 Å². The molecule has 5 nitrogen and oxygen atoms in total. The Morgan fingerprint density at radius 1 is 1.35 bits per heavy atom. The molecule has 100 valence electrons. The van der Waals surface area contributed by atoms with Gasteiger partial charge in [0.05, 0.1) is 6.54 Å². The van der Waals surface area contributed by atoms with Gasteiger partial charge in [-0.05, 0) is 18.9 Å².